The fourth-order valence-corrected chi connectivity index (χ4v) is 5.42. The molecule has 142 valence electrons. The summed E-state index contributed by atoms with van der Waals surface area (Å²) in [7, 11) is 0. The molecule has 0 unspecified atom stereocenters. The Balaban J connectivity index is 1.85. The average Bonchev–Trinajstić information content (AvgIpc) is 3.34. The number of rotatable bonds is 4. The van der Waals surface area contributed by atoms with Crippen molar-refractivity contribution in [1.29, 1.82) is 0 Å². The van der Waals surface area contributed by atoms with Gasteiger partial charge in [0.2, 0.25) is 5.91 Å². The molecule has 4 rings (SSSR count). The number of thiazole rings is 1. The number of nitrogens with zero attached hydrogens (tertiary/aromatic N) is 2. The third-order valence-electron chi connectivity index (χ3n) is 6.16. The van der Waals surface area contributed by atoms with E-state index in [2.05, 4.69) is 24.1 Å². The quantitative estimate of drug-likeness (QED) is 0.849. The van der Waals surface area contributed by atoms with Gasteiger partial charge in [0.05, 0.1) is 11.5 Å². The van der Waals surface area contributed by atoms with Gasteiger partial charge in [-0.15, -0.1) is 11.3 Å². The third kappa shape index (κ3) is 2.87. The van der Waals surface area contributed by atoms with E-state index < -0.39 is 5.54 Å². The predicted octanol–water partition coefficient (Wildman–Crippen LogP) is 4.43. The van der Waals surface area contributed by atoms with Crippen LogP contribution in [0.15, 0.2) is 35.8 Å². The molecule has 0 bridgehead atoms. The van der Waals surface area contributed by atoms with Crippen LogP contribution in [0, 0.1) is 0 Å². The van der Waals surface area contributed by atoms with Crippen LogP contribution >= 0.6 is 11.3 Å². The lowest BCUT2D eigenvalue weighted by Crippen LogP contribution is -2.62. The highest BCUT2D eigenvalue weighted by Crippen LogP contribution is 2.51. The Bertz CT molecular complexity index is 843. The summed E-state index contributed by atoms with van der Waals surface area (Å²) in [6, 6.07) is 7.72. The van der Waals surface area contributed by atoms with Crippen LogP contribution in [0.5, 0.6) is 0 Å². The maximum Gasteiger partial charge on any atom is 0.254 e. The molecule has 1 aromatic carbocycles. The Labute approximate surface area is 163 Å². The van der Waals surface area contributed by atoms with Gasteiger partial charge in [0.1, 0.15) is 0 Å². The minimum Gasteiger partial charge on any atom is -0.329 e. The molecule has 1 fully saturated rings. The highest BCUT2D eigenvalue weighted by molar-refractivity contribution is 7.13. The Hall–Kier alpha value is -2.21. The zero-order valence-electron chi connectivity index (χ0n) is 15.8. The average molecular weight is 384 g/mol. The van der Waals surface area contributed by atoms with E-state index in [1.165, 1.54) is 11.3 Å². The van der Waals surface area contributed by atoms with Crippen molar-refractivity contribution in [3.8, 4) is 0 Å². The standard InChI is InChI=1S/C21H25N3O2S/c1-3-14(2)24-19(26)16-9-5-4-8-15(16)17(21(24)10-6-7-11-21)18(25)23-20-22-12-13-27-20/h4-5,8-9,12-14,17H,3,6-7,10-11H2,1-2H3,(H,22,23,25)/t14-,17-/m0/s1. The molecule has 1 aliphatic carbocycles. The van der Waals surface area contributed by atoms with E-state index in [-0.39, 0.29) is 23.8 Å². The van der Waals surface area contributed by atoms with Crippen LogP contribution in [0.3, 0.4) is 0 Å². The number of aromatic nitrogens is 1. The van der Waals surface area contributed by atoms with Crippen molar-refractivity contribution in [3.63, 3.8) is 0 Å². The molecule has 1 spiro atoms. The van der Waals surface area contributed by atoms with E-state index in [1.807, 2.05) is 34.5 Å². The van der Waals surface area contributed by atoms with Gasteiger partial charge in [-0.1, -0.05) is 38.0 Å². The van der Waals surface area contributed by atoms with E-state index in [9.17, 15) is 9.59 Å². The fourth-order valence-electron chi connectivity index (χ4n) is 4.89. The van der Waals surface area contributed by atoms with Crippen molar-refractivity contribution < 1.29 is 9.59 Å². The molecule has 1 N–H and O–H groups in total. The molecule has 6 heteroatoms. The summed E-state index contributed by atoms with van der Waals surface area (Å²) in [5.74, 6) is -0.355. The second kappa shape index (κ2) is 7.08. The number of fused-ring (bicyclic) bond motifs is 1. The van der Waals surface area contributed by atoms with E-state index in [1.54, 1.807) is 6.20 Å². The molecule has 2 aliphatic rings. The molecule has 2 atom stereocenters. The Morgan fingerprint density at radius 1 is 1.37 bits per heavy atom. The topological polar surface area (TPSA) is 62.3 Å². The van der Waals surface area contributed by atoms with Crippen molar-refractivity contribution in [2.45, 2.75) is 63.5 Å². The van der Waals surface area contributed by atoms with Gasteiger partial charge in [-0.3, -0.25) is 9.59 Å². The Morgan fingerprint density at radius 3 is 2.78 bits per heavy atom. The number of carbonyl (C=O) groups is 2. The number of amides is 2. The zero-order valence-corrected chi connectivity index (χ0v) is 16.6. The summed E-state index contributed by atoms with van der Waals surface area (Å²) in [6.45, 7) is 4.20. The van der Waals surface area contributed by atoms with E-state index in [0.717, 1.165) is 37.7 Å². The molecule has 1 aromatic heterocycles. The molecular formula is C21H25N3O2S. The monoisotopic (exact) mass is 383 g/mol. The van der Waals surface area contributed by atoms with Gasteiger partial charge in [0.25, 0.3) is 5.91 Å². The summed E-state index contributed by atoms with van der Waals surface area (Å²) in [5.41, 5.74) is 1.08. The van der Waals surface area contributed by atoms with Gasteiger partial charge < -0.3 is 10.2 Å². The minimum absolute atomic E-state index is 0.0555. The molecule has 27 heavy (non-hydrogen) atoms. The molecule has 0 radical (unpaired) electrons. The van der Waals surface area contributed by atoms with Crippen LogP contribution < -0.4 is 5.32 Å². The maximum atomic E-state index is 13.5. The lowest BCUT2D eigenvalue weighted by molar-refractivity contribution is -0.121. The molecule has 0 saturated heterocycles. The van der Waals surface area contributed by atoms with E-state index >= 15 is 0 Å². The second-order valence-electron chi connectivity index (χ2n) is 7.59. The van der Waals surface area contributed by atoms with Gasteiger partial charge in [-0.05, 0) is 37.8 Å². The van der Waals surface area contributed by atoms with Crippen molar-refractivity contribution in [2.75, 3.05) is 5.32 Å². The summed E-state index contributed by atoms with van der Waals surface area (Å²) in [4.78, 5) is 33.2. The number of hydrogen-bond donors (Lipinski definition) is 1. The van der Waals surface area contributed by atoms with Gasteiger partial charge in [0, 0.05) is 23.2 Å². The first-order chi connectivity index (χ1) is 13.1. The van der Waals surface area contributed by atoms with Gasteiger partial charge in [-0.25, -0.2) is 4.98 Å². The van der Waals surface area contributed by atoms with Crippen LogP contribution in [0.2, 0.25) is 0 Å². The SMILES string of the molecule is CC[C@H](C)N1C(=O)c2ccccc2[C@@H](C(=O)Nc2nccs2)C12CCCC2. The molecule has 2 aromatic rings. The summed E-state index contributed by atoms with van der Waals surface area (Å²) in [6.07, 6.45) is 6.39. The molecule has 1 saturated carbocycles. The number of hydrogen-bond acceptors (Lipinski definition) is 4. The molecule has 5 nitrogen and oxygen atoms in total. The first-order valence-electron chi connectivity index (χ1n) is 9.71. The van der Waals surface area contributed by atoms with Crippen molar-refractivity contribution in [1.82, 2.24) is 9.88 Å². The minimum atomic E-state index is -0.442. The zero-order chi connectivity index (χ0) is 19.0. The summed E-state index contributed by atoms with van der Waals surface area (Å²) < 4.78 is 0. The molecule has 1 aliphatic heterocycles. The number of carbonyl (C=O) groups excluding carboxylic acids is 2. The van der Waals surface area contributed by atoms with Crippen LogP contribution in [-0.2, 0) is 4.79 Å². The van der Waals surface area contributed by atoms with Crippen LogP contribution in [0.25, 0.3) is 0 Å². The smallest absolute Gasteiger partial charge is 0.254 e. The maximum absolute atomic E-state index is 13.5. The van der Waals surface area contributed by atoms with Gasteiger partial charge in [-0.2, -0.15) is 0 Å². The summed E-state index contributed by atoms with van der Waals surface area (Å²) >= 11 is 1.42. The lowest BCUT2D eigenvalue weighted by Gasteiger charge is -2.52. The van der Waals surface area contributed by atoms with Crippen molar-refractivity contribution in [2.24, 2.45) is 0 Å². The predicted molar refractivity (Wildman–Crippen MR) is 107 cm³/mol. The van der Waals surface area contributed by atoms with E-state index in [4.69, 9.17) is 0 Å². The van der Waals surface area contributed by atoms with Gasteiger partial charge in [0.15, 0.2) is 5.13 Å². The first kappa shape index (κ1) is 18.2. The highest BCUT2D eigenvalue weighted by atomic mass is 32.1. The Kier molecular flexibility index (Phi) is 4.76. The third-order valence-corrected chi connectivity index (χ3v) is 6.85. The largest absolute Gasteiger partial charge is 0.329 e. The number of anilines is 1. The Morgan fingerprint density at radius 2 is 2.11 bits per heavy atom. The van der Waals surface area contributed by atoms with Gasteiger partial charge >= 0.3 is 0 Å². The van der Waals surface area contributed by atoms with Crippen LogP contribution in [-0.4, -0.2) is 33.3 Å². The van der Waals surface area contributed by atoms with Crippen molar-refractivity contribution in [3.05, 3.63) is 47.0 Å². The molecule has 2 amide bonds. The van der Waals surface area contributed by atoms with Crippen LogP contribution in [0.1, 0.15) is 67.8 Å². The highest BCUT2D eigenvalue weighted by Gasteiger charge is 2.56. The van der Waals surface area contributed by atoms with Crippen molar-refractivity contribution >= 4 is 28.3 Å². The summed E-state index contributed by atoms with van der Waals surface area (Å²) in [5, 5.41) is 5.47. The number of nitrogens with one attached hydrogen (secondary N) is 1. The second-order valence-corrected chi connectivity index (χ2v) is 8.48. The van der Waals surface area contributed by atoms with Crippen LogP contribution in [0.4, 0.5) is 5.13 Å². The first-order valence-corrected chi connectivity index (χ1v) is 10.6. The normalized spacial score (nSPS) is 21.9. The molecular weight excluding hydrogens is 358 g/mol. The lowest BCUT2D eigenvalue weighted by atomic mass is 9.70. The number of benzene rings is 1. The van der Waals surface area contributed by atoms with E-state index in [0.29, 0.717) is 10.7 Å². The fraction of sp³-hybridized carbons (Fsp3) is 0.476. The molecule has 2 heterocycles.